The van der Waals surface area contributed by atoms with Gasteiger partial charge in [0.05, 0.1) is 5.41 Å². The first-order valence-electron chi connectivity index (χ1n) is 23.1. The van der Waals surface area contributed by atoms with Crippen molar-refractivity contribution in [3.63, 3.8) is 0 Å². The van der Waals surface area contributed by atoms with Crippen molar-refractivity contribution in [3.8, 4) is 44.5 Å². The Morgan fingerprint density at radius 1 is 0.242 bits per heavy atom. The van der Waals surface area contributed by atoms with E-state index in [1.54, 1.807) is 0 Å². The Bertz CT molecular complexity index is 3460. The third-order valence-corrected chi connectivity index (χ3v) is 14.6. The number of rotatable bonds is 7. The van der Waals surface area contributed by atoms with Crippen LogP contribution in [0.2, 0.25) is 0 Å². The van der Waals surface area contributed by atoms with E-state index in [0.717, 1.165) is 34.1 Å². The molecule has 13 rings (SSSR count). The largest absolute Gasteiger partial charge is 0.310 e. The molecule has 0 amide bonds. The molecule has 3 aliphatic rings. The van der Waals surface area contributed by atoms with E-state index in [9.17, 15) is 0 Å². The van der Waals surface area contributed by atoms with Crippen molar-refractivity contribution in [2.24, 2.45) is 0 Å². The molecule has 0 saturated heterocycles. The van der Waals surface area contributed by atoms with Crippen molar-refractivity contribution in [1.82, 2.24) is 0 Å². The van der Waals surface area contributed by atoms with Gasteiger partial charge in [-0.2, -0.15) is 0 Å². The van der Waals surface area contributed by atoms with Crippen LogP contribution in [0.5, 0.6) is 0 Å². The molecule has 66 heavy (non-hydrogen) atoms. The van der Waals surface area contributed by atoms with Crippen LogP contribution in [0.4, 0.5) is 34.1 Å². The molecular weight excluding hydrogens is 797 g/mol. The molecule has 3 aliphatic carbocycles. The zero-order valence-corrected chi connectivity index (χ0v) is 37.0. The Morgan fingerprint density at radius 3 is 1.17 bits per heavy atom. The summed E-state index contributed by atoms with van der Waals surface area (Å²) >= 11 is 0. The lowest BCUT2D eigenvalue weighted by Gasteiger charge is -2.33. The van der Waals surface area contributed by atoms with Crippen LogP contribution >= 0.6 is 0 Å². The molecule has 0 heterocycles. The average molecular weight is 843 g/mol. The van der Waals surface area contributed by atoms with Gasteiger partial charge in [-0.15, -0.1) is 0 Å². The molecule has 1 spiro atoms. The van der Waals surface area contributed by atoms with Gasteiger partial charge in [-0.1, -0.05) is 178 Å². The third-order valence-electron chi connectivity index (χ3n) is 14.6. The van der Waals surface area contributed by atoms with Crippen LogP contribution in [0.3, 0.4) is 0 Å². The number of benzene rings is 10. The van der Waals surface area contributed by atoms with Crippen LogP contribution < -0.4 is 9.80 Å². The van der Waals surface area contributed by atoms with E-state index in [2.05, 4.69) is 266 Å². The summed E-state index contributed by atoms with van der Waals surface area (Å²) in [6, 6.07) is 90.1. The highest BCUT2D eigenvalue weighted by Crippen LogP contribution is 2.64. The summed E-state index contributed by atoms with van der Waals surface area (Å²) in [6.07, 6.45) is 0. The van der Waals surface area contributed by atoms with Crippen molar-refractivity contribution in [1.29, 1.82) is 0 Å². The molecule has 0 saturated carbocycles. The van der Waals surface area contributed by atoms with Gasteiger partial charge in [0, 0.05) is 39.5 Å². The molecule has 0 N–H and O–H groups in total. The maximum Gasteiger partial charge on any atom is 0.0727 e. The minimum atomic E-state index is -0.596. The molecule has 0 radical (unpaired) electrons. The second kappa shape index (κ2) is 14.7. The topological polar surface area (TPSA) is 6.48 Å². The molecule has 2 nitrogen and oxygen atoms in total. The monoisotopic (exact) mass is 842 g/mol. The van der Waals surface area contributed by atoms with E-state index >= 15 is 0 Å². The molecule has 0 bridgehead atoms. The second-order valence-electron chi connectivity index (χ2n) is 18.5. The van der Waals surface area contributed by atoms with Crippen LogP contribution in [0, 0.1) is 0 Å². The van der Waals surface area contributed by atoms with Crippen molar-refractivity contribution in [2.45, 2.75) is 24.7 Å². The molecule has 10 aromatic rings. The molecule has 0 fully saturated rings. The quantitative estimate of drug-likeness (QED) is 0.158. The highest BCUT2D eigenvalue weighted by atomic mass is 15.1. The van der Waals surface area contributed by atoms with Crippen molar-refractivity contribution in [3.05, 3.63) is 276 Å². The number of hydrogen-bond acceptors (Lipinski definition) is 2. The highest BCUT2D eigenvalue weighted by Gasteiger charge is 2.52. The van der Waals surface area contributed by atoms with E-state index in [4.69, 9.17) is 0 Å². The standard InChI is InChI=1S/C64H46N2/c1-63(2)57-29-17-15-27-51(57)53-35-32-48(40-60(53)63)66(47-25-13-6-14-26-47)50-33-36-54-52-28-16-18-30-58(52)64(61(54)42-50)59-38-31-44(43-19-7-3-8-20-43)39-56(59)55-37-34-49(41-62(55)64)65(45-21-9-4-10-22-45)46-23-11-5-12-24-46/h3-42H,1-2H3. The highest BCUT2D eigenvalue weighted by molar-refractivity contribution is 5.98. The zero-order valence-electron chi connectivity index (χ0n) is 37.0. The minimum absolute atomic E-state index is 0.130. The van der Waals surface area contributed by atoms with E-state index in [-0.39, 0.29) is 5.41 Å². The Balaban J connectivity index is 1.07. The van der Waals surface area contributed by atoms with Gasteiger partial charge in [0.2, 0.25) is 0 Å². The molecule has 2 heteroatoms. The Kier molecular flexibility index (Phi) is 8.51. The second-order valence-corrected chi connectivity index (χ2v) is 18.5. The Labute approximate surface area is 387 Å². The fraction of sp³-hybridized carbons (Fsp3) is 0.0625. The first kappa shape index (κ1) is 38.3. The summed E-state index contributed by atoms with van der Waals surface area (Å²) in [5.41, 5.74) is 24.2. The van der Waals surface area contributed by atoms with Gasteiger partial charge in [-0.05, 0) is 157 Å². The number of anilines is 6. The van der Waals surface area contributed by atoms with Crippen LogP contribution in [-0.2, 0) is 10.8 Å². The van der Waals surface area contributed by atoms with E-state index < -0.39 is 5.41 Å². The van der Waals surface area contributed by atoms with Gasteiger partial charge in [-0.25, -0.2) is 0 Å². The summed E-state index contributed by atoms with van der Waals surface area (Å²) in [4.78, 5) is 4.86. The zero-order chi connectivity index (χ0) is 44.0. The molecule has 0 aromatic heterocycles. The summed E-state index contributed by atoms with van der Waals surface area (Å²) in [5.74, 6) is 0. The predicted molar refractivity (Wildman–Crippen MR) is 275 cm³/mol. The SMILES string of the molecule is CC1(C)c2ccccc2-c2ccc(N(c3ccccc3)c3ccc4c(c3)C3(c5ccccc5-4)c4ccc(-c5ccccc5)cc4-c4ccc(N(c5ccccc5)c5ccccc5)cc43)cc21. The Hall–Kier alpha value is -8.20. The summed E-state index contributed by atoms with van der Waals surface area (Å²) < 4.78 is 0. The van der Waals surface area contributed by atoms with Gasteiger partial charge in [0.15, 0.2) is 0 Å². The molecule has 312 valence electrons. The van der Waals surface area contributed by atoms with E-state index in [1.807, 2.05) is 0 Å². The van der Waals surface area contributed by atoms with Gasteiger partial charge >= 0.3 is 0 Å². The van der Waals surface area contributed by atoms with Gasteiger partial charge in [0.25, 0.3) is 0 Å². The minimum Gasteiger partial charge on any atom is -0.310 e. The van der Waals surface area contributed by atoms with Gasteiger partial charge in [-0.3, -0.25) is 0 Å². The molecule has 10 aromatic carbocycles. The molecule has 1 atom stereocenters. The summed E-state index contributed by atoms with van der Waals surface area (Å²) in [5, 5.41) is 0. The number of fused-ring (bicyclic) bond motifs is 13. The van der Waals surface area contributed by atoms with E-state index in [1.165, 1.54) is 77.9 Å². The fourth-order valence-electron chi connectivity index (χ4n) is 11.7. The molecule has 0 aliphatic heterocycles. The van der Waals surface area contributed by atoms with Crippen LogP contribution in [0.1, 0.15) is 47.2 Å². The maximum atomic E-state index is 2.51. The normalized spacial score (nSPS) is 15.3. The lowest BCUT2D eigenvalue weighted by molar-refractivity contribution is 0.660. The van der Waals surface area contributed by atoms with Crippen molar-refractivity contribution < 1.29 is 0 Å². The van der Waals surface area contributed by atoms with Crippen LogP contribution in [0.25, 0.3) is 44.5 Å². The van der Waals surface area contributed by atoms with Crippen LogP contribution in [-0.4, -0.2) is 0 Å². The smallest absolute Gasteiger partial charge is 0.0727 e. The predicted octanol–water partition coefficient (Wildman–Crippen LogP) is 16.9. The van der Waals surface area contributed by atoms with Crippen LogP contribution in [0.15, 0.2) is 243 Å². The first-order chi connectivity index (χ1) is 32.5. The van der Waals surface area contributed by atoms with E-state index in [0.29, 0.717) is 0 Å². The summed E-state index contributed by atoms with van der Waals surface area (Å²) in [7, 11) is 0. The fourth-order valence-corrected chi connectivity index (χ4v) is 11.7. The van der Waals surface area contributed by atoms with Gasteiger partial charge < -0.3 is 9.80 Å². The number of para-hydroxylation sites is 3. The number of hydrogen-bond donors (Lipinski definition) is 0. The van der Waals surface area contributed by atoms with Gasteiger partial charge in [0.1, 0.15) is 0 Å². The lowest BCUT2D eigenvalue weighted by atomic mass is 9.70. The summed E-state index contributed by atoms with van der Waals surface area (Å²) in [6.45, 7) is 4.74. The van der Waals surface area contributed by atoms with Crippen molar-refractivity contribution >= 4 is 34.1 Å². The average Bonchev–Trinajstić information content (AvgIpc) is 3.93. The third kappa shape index (κ3) is 5.55. The Morgan fingerprint density at radius 2 is 0.621 bits per heavy atom. The lowest BCUT2D eigenvalue weighted by Crippen LogP contribution is -2.26. The first-order valence-corrected chi connectivity index (χ1v) is 23.1. The molecule has 1 unspecified atom stereocenters. The number of nitrogens with zero attached hydrogens (tertiary/aromatic N) is 2. The molecular formula is C64H46N2. The maximum absolute atomic E-state index is 2.51. The van der Waals surface area contributed by atoms with Crippen molar-refractivity contribution in [2.75, 3.05) is 9.80 Å².